The van der Waals surface area contributed by atoms with Crippen LogP contribution in [0.1, 0.15) is 38.2 Å². The number of thioether (sulfide) groups is 1. The van der Waals surface area contributed by atoms with Crippen molar-refractivity contribution in [3.8, 4) is 5.75 Å². The number of phenols is 1. The van der Waals surface area contributed by atoms with E-state index in [0.29, 0.717) is 17.7 Å². The molecule has 1 aromatic carbocycles. The Bertz CT molecular complexity index is 669. The Morgan fingerprint density at radius 1 is 1.07 bits per heavy atom. The first-order valence-corrected chi connectivity index (χ1v) is 11.0. The number of carbonyl (C=O) groups excluding carboxylic acids is 2. The molecule has 0 aliphatic heterocycles. The number of nitrogens with two attached hydrogens (primary N) is 1. The maximum atomic E-state index is 12.8. The average Bonchev–Trinajstić information content (AvgIpc) is 2.69. The maximum absolute atomic E-state index is 12.8. The van der Waals surface area contributed by atoms with Crippen LogP contribution in [0, 0.1) is 0 Å². The van der Waals surface area contributed by atoms with Crippen molar-refractivity contribution in [1.82, 2.24) is 10.6 Å². The van der Waals surface area contributed by atoms with Crippen molar-refractivity contribution < 1.29 is 24.6 Å². The Morgan fingerprint density at radius 2 is 1.69 bits per heavy atom. The number of unbranched alkanes of at least 4 members (excludes halogenated alkanes) is 1. The molecule has 0 bridgehead atoms. The van der Waals surface area contributed by atoms with Gasteiger partial charge in [-0.3, -0.25) is 9.59 Å². The summed E-state index contributed by atoms with van der Waals surface area (Å²) in [4.78, 5) is 36.7. The number of carboxylic acid groups (broad SMARTS) is 1. The zero-order valence-electron chi connectivity index (χ0n) is 16.9. The second kappa shape index (κ2) is 13.1. The minimum atomic E-state index is -1.12. The van der Waals surface area contributed by atoms with Crippen LogP contribution in [0.4, 0.5) is 0 Å². The predicted molar refractivity (Wildman–Crippen MR) is 114 cm³/mol. The van der Waals surface area contributed by atoms with Crippen molar-refractivity contribution in [3.63, 3.8) is 0 Å². The highest BCUT2D eigenvalue weighted by molar-refractivity contribution is 7.98. The molecule has 0 aliphatic rings. The van der Waals surface area contributed by atoms with Gasteiger partial charge in [-0.15, -0.1) is 0 Å². The Hall–Kier alpha value is -2.26. The molecule has 0 aromatic heterocycles. The van der Waals surface area contributed by atoms with E-state index in [0.717, 1.165) is 12.8 Å². The normalized spacial score (nSPS) is 13.9. The molecule has 0 heterocycles. The molecule has 162 valence electrons. The molecule has 9 heteroatoms. The van der Waals surface area contributed by atoms with Crippen molar-refractivity contribution >= 4 is 29.5 Å². The van der Waals surface area contributed by atoms with Gasteiger partial charge in [0.1, 0.15) is 17.8 Å². The van der Waals surface area contributed by atoms with Gasteiger partial charge in [0.25, 0.3) is 0 Å². The van der Waals surface area contributed by atoms with E-state index in [-0.39, 0.29) is 18.6 Å². The Labute approximate surface area is 175 Å². The molecule has 0 radical (unpaired) electrons. The van der Waals surface area contributed by atoms with Gasteiger partial charge in [0.15, 0.2) is 0 Å². The molecule has 0 unspecified atom stereocenters. The van der Waals surface area contributed by atoms with Gasteiger partial charge in [-0.25, -0.2) is 4.79 Å². The van der Waals surface area contributed by atoms with E-state index in [2.05, 4.69) is 10.6 Å². The minimum absolute atomic E-state index is 0.0865. The second-order valence-corrected chi connectivity index (χ2v) is 7.85. The topological polar surface area (TPSA) is 142 Å². The standard InChI is InChI=1S/C20H31N3O5S/c1-3-4-5-15(21)18(25)23-17(12-13-6-8-14(24)9-7-13)19(26)22-16(20(27)28)10-11-29-2/h6-9,15-17,24H,3-5,10-12,21H2,1-2H3,(H,22,26)(H,23,25)(H,27,28)/t15-,16+,17-/m0/s1. The first-order chi connectivity index (χ1) is 13.8. The Balaban J connectivity index is 2.92. The summed E-state index contributed by atoms with van der Waals surface area (Å²) in [5.41, 5.74) is 6.62. The lowest BCUT2D eigenvalue weighted by atomic mass is 10.0. The monoisotopic (exact) mass is 425 g/mol. The number of hydrogen-bond acceptors (Lipinski definition) is 6. The van der Waals surface area contributed by atoms with Crippen LogP contribution in [0.3, 0.4) is 0 Å². The molecule has 3 atom stereocenters. The number of carbonyl (C=O) groups is 3. The van der Waals surface area contributed by atoms with E-state index in [1.165, 1.54) is 23.9 Å². The summed E-state index contributed by atoms with van der Waals surface area (Å²) in [6.45, 7) is 1.99. The summed E-state index contributed by atoms with van der Waals surface area (Å²) in [7, 11) is 0. The van der Waals surface area contributed by atoms with Crippen LogP contribution in [0.5, 0.6) is 5.75 Å². The summed E-state index contributed by atoms with van der Waals surface area (Å²) < 4.78 is 0. The minimum Gasteiger partial charge on any atom is -0.508 e. The summed E-state index contributed by atoms with van der Waals surface area (Å²) in [5, 5.41) is 24.0. The molecule has 0 saturated carbocycles. The third-order valence-corrected chi connectivity index (χ3v) is 5.08. The van der Waals surface area contributed by atoms with Gasteiger partial charge in [-0.1, -0.05) is 31.9 Å². The number of hydrogen-bond donors (Lipinski definition) is 5. The number of amides is 2. The van der Waals surface area contributed by atoms with Crippen molar-refractivity contribution in [3.05, 3.63) is 29.8 Å². The Morgan fingerprint density at radius 3 is 2.24 bits per heavy atom. The van der Waals surface area contributed by atoms with Gasteiger partial charge in [-0.2, -0.15) is 11.8 Å². The van der Waals surface area contributed by atoms with Crippen LogP contribution >= 0.6 is 11.8 Å². The molecule has 1 rings (SSSR count). The molecule has 0 fully saturated rings. The predicted octanol–water partition coefficient (Wildman–Crippen LogP) is 1.26. The smallest absolute Gasteiger partial charge is 0.326 e. The van der Waals surface area contributed by atoms with Crippen molar-refractivity contribution in [1.29, 1.82) is 0 Å². The van der Waals surface area contributed by atoms with Gasteiger partial charge in [0, 0.05) is 6.42 Å². The number of aromatic hydroxyl groups is 1. The van der Waals surface area contributed by atoms with Crippen molar-refractivity contribution in [2.75, 3.05) is 12.0 Å². The molecule has 1 aromatic rings. The molecule has 6 N–H and O–H groups in total. The molecule has 0 saturated heterocycles. The van der Waals surface area contributed by atoms with Crippen LogP contribution in [-0.2, 0) is 20.8 Å². The molecule has 2 amide bonds. The van der Waals surface area contributed by atoms with Crippen LogP contribution in [0.2, 0.25) is 0 Å². The molecule has 0 spiro atoms. The highest BCUT2D eigenvalue weighted by Crippen LogP contribution is 2.12. The van der Waals surface area contributed by atoms with Gasteiger partial charge in [0.05, 0.1) is 6.04 Å². The fourth-order valence-corrected chi connectivity index (χ4v) is 3.15. The van der Waals surface area contributed by atoms with E-state index >= 15 is 0 Å². The zero-order chi connectivity index (χ0) is 21.8. The fraction of sp³-hybridized carbons (Fsp3) is 0.550. The number of benzene rings is 1. The fourth-order valence-electron chi connectivity index (χ4n) is 2.68. The lowest BCUT2D eigenvalue weighted by Gasteiger charge is -2.23. The van der Waals surface area contributed by atoms with E-state index in [4.69, 9.17) is 5.73 Å². The lowest BCUT2D eigenvalue weighted by molar-refractivity contribution is -0.142. The Kier molecular flexibility index (Phi) is 11.2. The molecule has 8 nitrogen and oxygen atoms in total. The third kappa shape index (κ3) is 9.19. The number of nitrogens with one attached hydrogen (secondary N) is 2. The van der Waals surface area contributed by atoms with E-state index in [1.54, 1.807) is 12.1 Å². The largest absolute Gasteiger partial charge is 0.508 e. The first kappa shape index (κ1) is 24.8. The molecular weight excluding hydrogens is 394 g/mol. The van der Waals surface area contributed by atoms with Crippen LogP contribution < -0.4 is 16.4 Å². The quantitative estimate of drug-likeness (QED) is 0.320. The summed E-state index contributed by atoms with van der Waals surface area (Å²) in [6.07, 6.45) is 4.46. The number of carboxylic acids is 1. The SMILES string of the molecule is CCCC[C@H](N)C(=O)N[C@@H](Cc1ccc(O)cc1)C(=O)N[C@H](CCSC)C(=O)O. The van der Waals surface area contributed by atoms with Crippen molar-refractivity contribution in [2.24, 2.45) is 5.73 Å². The van der Waals surface area contributed by atoms with E-state index in [1.807, 2.05) is 13.2 Å². The van der Waals surface area contributed by atoms with Gasteiger partial charge >= 0.3 is 5.97 Å². The summed E-state index contributed by atoms with van der Waals surface area (Å²) in [6, 6.07) is 3.49. The lowest BCUT2D eigenvalue weighted by Crippen LogP contribution is -2.55. The number of aliphatic carboxylic acids is 1. The van der Waals surface area contributed by atoms with Crippen molar-refractivity contribution in [2.45, 2.75) is 57.2 Å². The molecular formula is C20H31N3O5S. The summed E-state index contributed by atoms with van der Waals surface area (Å²) >= 11 is 1.48. The summed E-state index contributed by atoms with van der Waals surface area (Å²) in [5.74, 6) is -1.49. The highest BCUT2D eigenvalue weighted by atomic mass is 32.2. The van der Waals surface area contributed by atoms with Crippen LogP contribution in [0.15, 0.2) is 24.3 Å². The van der Waals surface area contributed by atoms with Gasteiger partial charge in [-0.05, 0) is 42.5 Å². The van der Waals surface area contributed by atoms with Gasteiger partial charge < -0.3 is 26.6 Å². The van der Waals surface area contributed by atoms with Crippen LogP contribution in [0.25, 0.3) is 0 Å². The van der Waals surface area contributed by atoms with Crippen LogP contribution in [-0.4, -0.2) is 58.1 Å². The maximum Gasteiger partial charge on any atom is 0.326 e. The molecule has 0 aliphatic carbocycles. The second-order valence-electron chi connectivity index (χ2n) is 6.86. The first-order valence-electron chi connectivity index (χ1n) is 9.64. The van der Waals surface area contributed by atoms with E-state index in [9.17, 15) is 24.6 Å². The number of rotatable bonds is 13. The average molecular weight is 426 g/mol. The molecule has 29 heavy (non-hydrogen) atoms. The third-order valence-electron chi connectivity index (χ3n) is 4.44. The van der Waals surface area contributed by atoms with Gasteiger partial charge in [0.2, 0.25) is 11.8 Å². The zero-order valence-corrected chi connectivity index (χ0v) is 17.7. The highest BCUT2D eigenvalue weighted by Gasteiger charge is 2.28. The van der Waals surface area contributed by atoms with E-state index < -0.39 is 35.9 Å². The number of phenolic OH excluding ortho intramolecular Hbond substituents is 1.